The number of Topliss-reactive ketones (excluding diaryl/α,β-unsaturated/α-hetero) is 1. The van der Waals surface area contributed by atoms with E-state index in [1.165, 1.54) is 4.90 Å². The van der Waals surface area contributed by atoms with E-state index in [1.54, 1.807) is 0 Å². The van der Waals surface area contributed by atoms with E-state index < -0.39 is 31.6 Å². The van der Waals surface area contributed by atoms with Crippen LogP contribution in [0.25, 0.3) is 0 Å². The summed E-state index contributed by atoms with van der Waals surface area (Å²) in [5, 5.41) is 0. The number of carbonyl (C=O) groups is 1. The summed E-state index contributed by atoms with van der Waals surface area (Å²) in [5.41, 5.74) is 0.899. The van der Waals surface area contributed by atoms with Gasteiger partial charge in [0.2, 0.25) is 0 Å². The highest BCUT2D eigenvalue weighted by molar-refractivity contribution is 5.81. The van der Waals surface area contributed by atoms with Gasteiger partial charge in [-0.25, -0.2) is 0 Å². The predicted octanol–water partition coefficient (Wildman–Crippen LogP) is 1.85. The first kappa shape index (κ1) is 5.66. The normalized spacial score (nSPS) is 43.6. The van der Waals surface area contributed by atoms with Gasteiger partial charge in [-0.1, -0.05) is 30.3 Å². The smallest absolute Gasteiger partial charge is 0.146 e. The first-order valence-corrected chi connectivity index (χ1v) is 4.55. The van der Waals surface area contributed by atoms with Crippen molar-refractivity contribution < 1.29 is 10.3 Å². The van der Waals surface area contributed by atoms with Gasteiger partial charge in [0.05, 0.1) is 7.89 Å². The predicted molar refractivity (Wildman–Crippen MR) is 56.0 cm³/mol. The van der Waals surface area contributed by atoms with Crippen LogP contribution in [-0.4, -0.2) is 23.7 Å². The number of nitrogens with zero attached hydrogens (tertiary/aromatic N) is 1. The highest BCUT2D eigenvalue weighted by atomic mass is 16.1. The molecule has 0 amide bonds. The SMILES string of the molecule is [2H]C1C(=O)C([2H])N(Cc2ccccc2)C([2H])C1[2H]. The number of rotatable bonds is 2. The van der Waals surface area contributed by atoms with Crippen molar-refractivity contribution in [1.29, 1.82) is 0 Å². The third-order valence-electron chi connectivity index (χ3n) is 2.04. The zero-order valence-electron chi connectivity index (χ0n) is 11.8. The van der Waals surface area contributed by atoms with Gasteiger partial charge in [-0.05, 0) is 18.5 Å². The summed E-state index contributed by atoms with van der Waals surface area (Å²) in [4.78, 5) is 13.0. The minimum absolute atomic E-state index is 0.289. The van der Waals surface area contributed by atoms with Gasteiger partial charge in [0.25, 0.3) is 0 Å². The fourth-order valence-corrected chi connectivity index (χ4v) is 1.39. The molecule has 1 heterocycles. The lowest BCUT2D eigenvalue weighted by atomic mass is 10.1. The zero-order chi connectivity index (χ0) is 13.3. The quantitative estimate of drug-likeness (QED) is 0.714. The van der Waals surface area contributed by atoms with Crippen molar-refractivity contribution in [3.05, 3.63) is 35.9 Å². The standard InChI is InChI=1S/C12H15NO/c14-12-7-4-8-13(10-12)9-11-5-2-1-3-6-11/h1-3,5-6H,4,7-10H2/i4D,7D,8D,10D. The molecule has 0 saturated carbocycles. The van der Waals surface area contributed by atoms with Crippen molar-refractivity contribution in [1.82, 2.24) is 4.90 Å². The van der Waals surface area contributed by atoms with E-state index in [0.717, 1.165) is 5.56 Å². The summed E-state index contributed by atoms with van der Waals surface area (Å²) in [6.45, 7) is -1.93. The molecule has 2 nitrogen and oxygen atoms in total. The Morgan fingerprint density at radius 1 is 1.36 bits per heavy atom. The number of likely N-dealkylation sites (tertiary alicyclic amines) is 1. The average molecular weight is 193 g/mol. The summed E-state index contributed by atoms with van der Waals surface area (Å²) in [5.74, 6) is -0.588. The maximum Gasteiger partial charge on any atom is 0.146 e. The molecule has 2 rings (SSSR count). The van der Waals surface area contributed by atoms with Crippen LogP contribution in [0.5, 0.6) is 0 Å². The molecule has 0 spiro atoms. The molecule has 4 atom stereocenters. The summed E-state index contributed by atoms with van der Waals surface area (Å²) in [6, 6.07) is 9.29. The van der Waals surface area contributed by atoms with Crippen molar-refractivity contribution in [3.8, 4) is 0 Å². The Morgan fingerprint density at radius 2 is 2.14 bits per heavy atom. The van der Waals surface area contributed by atoms with Crippen LogP contribution in [0.1, 0.15) is 23.8 Å². The van der Waals surface area contributed by atoms with Crippen molar-refractivity contribution >= 4 is 5.78 Å². The van der Waals surface area contributed by atoms with Crippen LogP contribution in [0.15, 0.2) is 30.3 Å². The number of benzene rings is 1. The van der Waals surface area contributed by atoms with Crippen molar-refractivity contribution in [3.63, 3.8) is 0 Å². The number of ketones is 1. The molecule has 1 aliphatic heterocycles. The largest absolute Gasteiger partial charge is 0.298 e. The molecule has 0 aliphatic carbocycles. The summed E-state index contributed by atoms with van der Waals surface area (Å²) < 4.78 is 30.9. The monoisotopic (exact) mass is 193 g/mol. The molecule has 1 aromatic rings. The molecule has 1 fully saturated rings. The van der Waals surface area contributed by atoms with Crippen LogP contribution in [-0.2, 0) is 11.3 Å². The number of carbonyl (C=O) groups excluding carboxylic acids is 1. The molecular formula is C12H15NO. The zero-order valence-corrected chi connectivity index (χ0v) is 7.76. The molecular weight excluding hydrogens is 174 g/mol. The first-order chi connectivity index (χ1) is 8.52. The van der Waals surface area contributed by atoms with E-state index in [2.05, 4.69) is 0 Å². The van der Waals surface area contributed by atoms with Crippen LogP contribution < -0.4 is 0 Å². The van der Waals surface area contributed by atoms with Crippen molar-refractivity contribution in [2.45, 2.75) is 19.3 Å². The molecule has 0 aromatic heterocycles. The second-order valence-corrected chi connectivity index (χ2v) is 3.20. The second-order valence-electron chi connectivity index (χ2n) is 3.20. The van der Waals surface area contributed by atoms with Crippen LogP contribution in [0.3, 0.4) is 0 Å². The van der Waals surface area contributed by atoms with E-state index in [4.69, 9.17) is 5.48 Å². The maximum atomic E-state index is 11.7. The molecule has 2 heteroatoms. The molecule has 4 unspecified atom stereocenters. The number of hydrogen-bond acceptors (Lipinski definition) is 2. The Morgan fingerprint density at radius 3 is 2.93 bits per heavy atom. The average Bonchev–Trinajstić information content (AvgIpc) is 2.40. The fourth-order valence-electron chi connectivity index (χ4n) is 1.39. The Labute approximate surface area is 90.2 Å². The van der Waals surface area contributed by atoms with Gasteiger partial charge in [0.15, 0.2) is 0 Å². The van der Waals surface area contributed by atoms with E-state index >= 15 is 0 Å². The van der Waals surface area contributed by atoms with Crippen LogP contribution in [0.2, 0.25) is 0 Å². The van der Waals surface area contributed by atoms with E-state index in [9.17, 15) is 4.79 Å². The van der Waals surface area contributed by atoms with Gasteiger partial charge in [0, 0.05) is 17.1 Å². The Bertz CT molecular complexity index is 427. The summed E-state index contributed by atoms with van der Waals surface area (Å²) >= 11 is 0. The third-order valence-corrected chi connectivity index (χ3v) is 2.04. The molecule has 14 heavy (non-hydrogen) atoms. The second kappa shape index (κ2) is 4.38. The van der Waals surface area contributed by atoms with Crippen LogP contribution >= 0.6 is 0 Å². The van der Waals surface area contributed by atoms with Gasteiger partial charge < -0.3 is 0 Å². The van der Waals surface area contributed by atoms with Crippen LogP contribution in [0.4, 0.5) is 0 Å². The molecule has 1 aliphatic rings. The van der Waals surface area contributed by atoms with Crippen LogP contribution in [0, 0.1) is 0 Å². The maximum absolute atomic E-state index is 11.7. The number of piperidine rings is 1. The van der Waals surface area contributed by atoms with Gasteiger partial charge in [0.1, 0.15) is 5.78 Å². The Hall–Kier alpha value is -1.15. The van der Waals surface area contributed by atoms with Gasteiger partial charge in [-0.15, -0.1) is 0 Å². The van der Waals surface area contributed by atoms with E-state index in [-0.39, 0.29) is 6.54 Å². The molecule has 0 radical (unpaired) electrons. The fraction of sp³-hybridized carbons (Fsp3) is 0.417. The third kappa shape index (κ3) is 2.42. The molecule has 1 saturated heterocycles. The highest BCUT2D eigenvalue weighted by Gasteiger charge is 2.16. The molecule has 0 bridgehead atoms. The van der Waals surface area contributed by atoms with Gasteiger partial charge in [-0.3, -0.25) is 9.69 Å². The Balaban J connectivity index is 2.18. The molecule has 0 N–H and O–H groups in total. The lowest BCUT2D eigenvalue weighted by Crippen LogP contribution is -2.34. The topological polar surface area (TPSA) is 20.3 Å². The molecule has 74 valence electrons. The van der Waals surface area contributed by atoms with E-state index in [1.807, 2.05) is 30.3 Å². The number of hydrogen-bond donors (Lipinski definition) is 0. The van der Waals surface area contributed by atoms with E-state index in [0.29, 0.717) is 0 Å². The Kier molecular flexibility index (Phi) is 1.77. The lowest BCUT2D eigenvalue weighted by Gasteiger charge is -2.25. The summed E-state index contributed by atoms with van der Waals surface area (Å²) in [7, 11) is 0. The lowest BCUT2D eigenvalue weighted by molar-refractivity contribution is -0.122. The minimum Gasteiger partial charge on any atom is -0.298 e. The minimum atomic E-state index is -1.28. The van der Waals surface area contributed by atoms with Crippen molar-refractivity contribution in [2.75, 3.05) is 13.0 Å². The van der Waals surface area contributed by atoms with Gasteiger partial charge in [-0.2, -0.15) is 0 Å². The highest BCUT2D eigenvalue weighted by Crippen LogP contribution is 2.10. The van der Waals surface area contributed by atoms with Crippen molar-refractivity contribution in [2.24, 2.45) is 0 Å². The summed E-state index contributed by atoms with van der Waals surface area (Å²) in [6.07, 6.45) is -2.38. The first-order valence-electron chi connectivity index (χ1n) is 6.85. The molecule has 1 aromatic carbocycles. The van der Waals surface area contributed by atoms with Gasteiger partial charge >= 0.3 is 0 Å².